The number of H-pyrrole nitrogens is 1. The lowest BCUT2D eigenvalue weighted by atomic mass is 10.0. The van der Waals surface area contributed by atoms with Crippen LogP contribution in [0.25, 0.3) is 11.0 Å². The Labute approximate surface area is 154 Å². The van der Waals surface area contributed by atoms with Gasteiger partial charge < -0.3 is 20.5 Å². The number of hydrogen-bond acceptors (Lipinski definition) is 5. The highest BCUT2D eigenvalue weighted by Crippen LogP contribution is 2.42. The van der Waals surface area contributed by atoms with Gasteiger partial charge in [-0.05, 0) is 38.0 Å². The Balaban J connectivity index is 1.61. The van der Waals surface area contributed by atoms with E-state index in [0.717, 1.165) is 41.8 Å². The molecule has 1 aromatic carbocycles. The molecule has 2 aliphatic heterocycles. The predicted octanol–water partition coefficient (Wildman–Crippen LogP) is 3.41. The monoisotopic (exact) mass is 368 g/mol. The van der Waals surface area contributed by atoms with Crippen LogP contribution >= 0.6 is 11.6 Å². The number of carbonyl (C=O) groups is 1. The van der Waals surface area contributed by atoms with Crippen LogP contribution in [0.5, 0.6) is 0 Å². The fourth-order valence-electron chi connectivity index (χ4n) is 4.00. The number of amides is 1. The molecule has 0 radical (unpaired) electrons. The second-order valence-corrected chi connectivity index (χ2v) is 7.33. The first-order chi connectivity index (χ1) is 12.5. The third-order valence-corrected chi connectivity index (χ3v) is 5.53. The van der Waals surface area contributed by atoms with Crippen molar-refractivity contribution < 1.29 is 4.79 Å². The molecular formula is C18H17ClN6O. The first-order valence-electron chi connectivity index (χ1n) is 8.54. The molecule has 5 rings (SSSR count). The summed E-state index contributed by atoms with van der Waals surface area (Å²) in [6, 6.07) is 5.66. The molecule has 1 saturated heterocycles. The molecule has 0 spiro atoms. The second kappa shape index (κ2) is 5.35. The van der Waals surface area contributed by atoms with Gasteiger partial charge in [-0.1, -0.05) is 11.6 Å². The average molecular weight is 369 g/mol. The van der Waals surface area contributed by atoms with E-state index in [4.69, 9.17) is 11.6 Å². The van der Waals surface area contributed by atoms with E-state index in [1.54, 1.807) is 6.07 Å². The number of nitrogens with one attached hydrogen (secondary N) is 3. The lowest BCUT2D eigenvalue weighted by Gasteiger charge is -2.42. The minimum Gasteiger partial charge on any atom is -0.348 e. The Bertz CT molecular complexity index is 1050. The van der Waals surface area contributed by atoms with Gasteiger partial charge >= 0.3 is 0 Å². The van der Waals surface area contributed by atoms with Gasteiger partial charge in [-0.3, -0.25) is 4.79 Å². The highest BCUT2D eigenvalue weighted by molar-refractivity contribution is 6.35. The van der Waals surface area contributed by atoms with Crippen LogP contribution in [0.1, 0.15) is 30.1 Å². The zero-order chi connectivity index (χ0) is 17.9. The minimum absolute atomic E-state index is 0.118. The van der Waals surface area contributed by atoms with E-state index in [0.29, 0.717) is 16.4 Å². The zero-order valence-corrected chi connectivity index (χ0v) is 14.9. The largest absolute Gasteiger partial charge is 0.348 e. The smallest absolute Gasteiger partial charge is 0.256 e. The molecule has 0 bridgehead atoms. The summed E-state index contributed by atoms with van der Waals surface area (Å²) in [4.78, 5) is 26.4. The number of aromatic amines is 1. The standard InChI is InChI=1S/C18H17ClN6O/c1-18-4-2-6-25(18)13-8-10(7-12(19)14(13)17(26)24-18)23-16-11-3-5-20-15(11)21-9-22-16/h3,5,7-9H,2,4,6H2,1H3,(H,24,26)(H2,20,21,22,23). The third kappa shape index (κ3) is 2.17. The molecule has 3 N–H and O–H groups in total. The second-order valence-electron chi connectivity index (χ2n) is 6.92. The molecule has 2 aliphatic rings. The first kappa shape index (κ1) is 15.5. The van der Waals surface area contributed by atoms with Crippen molar-refractivity contribution in [3.8, 4) is 0 Å². The van der Waals surface area contributed by atoms with Gasteiger partial charge in [0.05, 0.1) is 21.7 Å². The molecule has 132 valence electrons. The van der Waals surface area contributed by atoms with Crippen molar-refractivity contribution in [3.05, 3.63) is 41.3 Å². The lowest BCUT2D eigenvalue weighted by Crippen LogP contribution is -2.59. The van der Waals surface area contributed by atoms with E-state index in [9.17, 15) is 4.79 Å². The van der Waals surface area contributed by atoms with Crippen molar-refractivity contribution in [1.29, 1.82) is 0 Å². The van der Waals surface area contributed by atoms with E-state index in [1.165, 1.54) is 6.33 Å². The molecule has 2 aromatic heterocycles. The van der Waals surface area contributed by atoms with Gasteiger partial charge in [-0.15, -0.1) is 0 Å². The van der Waals surface area contributed by atoms with E-state index >= 15 is 0 Å². The number of benzene rings is 1. The topological polar surface area (TPSA) is 85.9 Å². The Morgan fingerprint density at radius 1 is 1.35 bits per heavy atom. The maximum atomic E-state index is 12.6. The molecule has 1 atom stereocenters. The van der Waals surface area contributed by atoms with Crippen LogP contribution in [0.4, 0.5) is 17.2 Å². The first-order valence-corrected chi connectivity index (χ1v) is 8.92. The molecule has 7 nitrogen and oxygen atoms in total. The van der Waals surface area contributed by atoms with E-state index in [2.05, 4.69) is 37.4 Å². The number of rotatable bonds is 2. The van der Waals surface area contributed by atoms with Crippen LogP contribution in [-0.2, 0) is 0 Å². The van der Waals surface area contributed by atoms with Crippen molar-refractivity contribution in [1.82, 2.24) is 20.3 Å². The fourth-order valence-corrected chi connectivity index (χ4v) is 4.30. The summed E-state index contributed by atoms with van der Waals surface area (Å²) in [5, 5.41) is 7.74. The third-order valence-electron chi connectivity index (χ3n) is 5.23. The molecule has 1 unspecified atom stereocenters. The quantitative estimate of drug-likeness (QED) is 0.645. The SMILES string of the molecule is CC12CCCN1c1cc(Nc3ncnc4[nH]ccc34)cc(Cl)c1C(=O)N2. The normalized spacial score (nSPS) is 21.5. The Hall–Kier alpha value is -2.80. The molecular weight excluding hydrogens is 352 g/mol. The van der Waals surface area contributed by atoms with Gasteiger partial charge in [-0.2, -0.15) is 0 Å². The van der Waals surface area contributed by atoms with Crippen LogP contribution in [0.3, 0.4) is 0 Å². The van der Waals surface area contributed by atoms with Crippen molar-refractivity contribution in [2.45, 2.75) is 25.4 Å². The molecule has 4 heterocycles. The Kier molecular flexibility index (Phi) is 3.18. The van der Waals surface area contributed by atoms with Gasteiger partial charge in [0.2, 0.25) is 0 Å². The summed E-state index contributed by atoms with van der Waals surface area (Å²) in [6.07, 6.45) is 5.28. The van der Waals surface area contributed by atoms with Gasteiger partial charge in [0.1, 0.15) is 23.5 Å². The summed E-state index contributed by atoms with van der Waals surface area (Å²) < 4.78 is 0. The van der Waals surface area contributed by atoms with Crippen LogP contribution < -0.4 is 15.5 Å². The van der Waals surface area contributed by atoms with Crippen LogP contribution in [0.15, 0.2) is 30.7 Å². The number of halogens is 1. The summed E-state index contributed by atoms with van der Waals surface area (Å²) in [7, 11) is 0. The predicted molar refractivity (Wildman–Crippen MR) is 101 cm³/mol. The van der Waals surface area contributed by atoms with Crippen molar-refractivity contribution in [2.75, 3.05) is 16.8 Å². The summed E-state index contributed by atoms with van der Waals surface area (Å²) >= 11 is 6.47. The maximum absolute atomic E-state index is 12.6. The van der Waals surface area contributed by atoms with E-state index in [-0.39, 0.29) is 11.6 Å². The molecule has 1 amide bonds. The zero-order valence-electron chi connectivity index (χ0n) is 14.1. The van der Waals surface area contributed by atoms with E-state index in [1.807, 2.05) is 18.3 Å². The summed E-state index contributed by atoms with van der Waals surface area (Å²) in [5.74, 6) is 0.573. The number of fused-ring (bicyclic) bond motifs is 4. The number of hydrogen-bond donors (Lipinski definition) is 3. The highest BCUT2D eigenvalue weighted by atomic mass is 35.5. The van der Waals surface area contributed by atoms with Crippen LogP contribution in [0, 0.1) is 0 Å². The van der Waals surface area contributed by atoms with Gasteiger partial charge in [-0.25, -0.2) is 9.97 Å². The maximum Gasteiger partial charge on any atom is 0.256 e. The molecule has 8 heteroatoms. The highest BCUT2D eigenvalue weighted by Gasteiger charge is 2.44. The number of nitrogens with zero attached hydrogens (tertiary/aromatic N) is 3. The summed E-state index contributed by atoms with van der Waals surface area (Å²) in [6.45, 7) is 2.95. The van der Waals surface area contributed by atoms with Crippen LogP contribution in [0.2, 0.25) is 5.02 Å². The number of aromatic nitrogens is 3. The van der Waals surface area contributed by atoms with E-state index < -0.39 is 0 Å². The minimum atomic E-state index is -0.352. The number of carbonyl (C=O) groups excluding carboxylic acids is 1. The number of anilines is 3. The van der Waals surface area contributed by atoms with Gasteiger partial charge in [0, 0.05) is 18.4 Å². The Morgan fingerprint density at radius 2 is 2.23 bits per heavy atom. The molecule has 3 aromatic rings. The average Bonchev–Trinajstić information content (AvgIpc) is 3.21. The fraction of sp³-hybridized carbons (Fsp3) is 0.278. The van der Waals surface area contributed by atoms with Gasteiger partial charge in [0.25, 0.3) is 5.91 Å². The molecule has 0 aliphatic carbocycles. The van der Waals surface area contributed by atoms with Crippen molar-refractivity contribution in [2.24, 2.45) is 0 Å². The molecule has 26 heavy (non-hydrogen) atoms. The van der Waals surface area contributed by atoms with Crippen molar-refractivity contribution in [3.63, 3.8) is 0 Å². The van der Waals surface area contributed by atoms with Gasteiger partial charge in [0.15, 0.2) is 0 Å². The lowest BCUT2D eigenvalue weighted by molar-refractivity contribution is 0.0897. The summed E-state index contributed by atoms with van der Waals surface area (Å²) in [5.41, 5.74) is 2.60. The van der Waals surface area contributed by atoms with Crippen molar-refractivity contribution >= 4 is 45.7 Å². The molecule has 1 fully saturated rings. The Morgan fingerprint density at radius 3 is 3.12 bits per heavy atom. The molecule has 0 saturated carbocycles. The van der Waals surface area contributed by atoms with Crippen LogP contribution in [-0.4, -0.2) is 33.1 Å².